The van der Waals surface area contributed by atoms with Crippen molar-refractivity contribution < 1.29 is 9.18 Å². The van der Waals surface area contributed by atoms with Gasteiger partial charge < -0.3 is 5.32 Å². The van der Waals surface area contributed by atoms with Crippen molar-refractivity contribution in [2.24, 2.45) is 11.3 Å². The number of halogens is 1. The monoisotopic (exact) mass is 419 g/mol. The van der Waals surface area contributed by atoms with Gasteiger partial charge in [-0.2, -0.15) is 0 Å². The molecule has 172 valence electrons. The van der Waals surface area contributed by atoms with Crippen LogP contribution in [-0.4, -0.2) is 19.1 Å². The molecule has 0 aliphatic carbocycles. The average molecular weight is 420 g/mol. The van der Waals surface area contributed by atoms with Crippen molar-refractivity contribution >= 4 is 5.91 Å². The zero-order chi connectivity index (χ0) is 22.5. The maximum Gasteiger partial charge on any atom is 0.222 e. The van der Waals surface area contributed by atoms with Gasteiger partial charge in [0.15, 0.2) is 0 Å². The Balaban J connectivity index is 3.79. The molecule has 0 saturated heterocycles. The normalized spacial score (nSPS) is 13.9. The molecule has 0 aromatic rings. The topological polar surface area (TPSA) is 29.1 Å². The Morgan fingerprint density at radius 3 is 2.13 bits per heavy atom. The maximum absolute atomic E-state index is 12.0. The standard InChI is InChI=1S/C27H46FNO/c1-5-6-7-18-21-27(3,4)22-19-16-14-12-10-8-9-11-13-15-17-20-25(2)26(30)29-24-23-28/h8-9,12-15,19,22,25H,5-7,10-11,16-18,20-21,23-24H2,1-4H3,(H,29,30)/b9-8-,14-12-,15-13-,22-19-/t25-/m0/s1. The van der Waals surface area contributed by atoms with E-state index in [0.717, 1.165) is 32.1 Å². The van der Waals surface area contributed by atoms with Gasteiger partial charge in [0, 0.05) is 12.5 Å². The zero-order valence-corrected chi connectivity index (χ0v) is 20.0. The predicted octanol–water partition coefficient (Wildman–Crippen LogP) is 7.88. The van der Waals surface area contributed by atoms with Crippen molar-refractivity contribution in [3.05, 3.63) is 48.6 Å². The van der Waals surface area contributed by atoms with Crippen LogP contribution in [0.4, 0.5) is 4.39 Å². The lowest BCUT2D eigenvalue weighted by atomic mass is 9.86. The number of hydrogen-bond donors (Lipinski definition) is 1. The van der Waals surface area contributed by atoms with Crippen LogP contribution in [0, 0.1) is 11.3 Å². The Morgan fingerprint density at radius 1 is 0.933 bits per heavy atom. The van der Waals surface area contributed by atoms with Crippen LogP contribution in [0.15, 0.2) is 48.6 Å². The van der Waals surface area contributed by atoms with E-state index >= 15 is 0 Å². The summed E-state index contributed by atoms with van der Waals surface area (Å²) in [5.41, 5.74) is 0.309. The molecule has 0 radical (unpaired) electrons. The Bertz CT molecular complexity index is 531. The number of hydrogen-bond acceptors (Lipinski definition) is 1. The summed E-state index contributed by atoms with van der Waals surface area (Å²) in [5, 5.41) is 2.58. The van der Waals surface area contributed by atoms with Gasteiger partial charge in [0.1, 0.15) is 6.67 Å². The van der Waals surface area contributed by atoms with E-state index in [9.17, 15) is 9.18 Å². The molecule has 2 nitrogen and oxygen atoms in total. The third-order valence-electron chi connectivity index (χ3n) is 5.17. The largest absolute Gasteiger partial charge is 0.353 e. The molecule has 1 amide bonds. The molecule has 0 aliphatic heterocycles. The third-order valence-corrected chi connectivity index (χ3v) is 5.17. The minimum Gasteiger partial charge on any atom is -0.353 e. The van der Waals surface area contributed by atoms with Crippen LogP contribution in [0.25, 0.3) is 0 Å². The Kier molecular flexibility index (Phi) is 18.3. The van der Waals surface area contributed by atoms with Crippen LogP contribution in [-0.2, 0) is 4.79 Å². The van der Waals surface area contributed by atoms with Gasteiger partial charge >= 0.3 is 0 Å². The summed E-state index contributed by atoms with van der Waals surface area (Å²) < 4.78 is 12.0. The van der Waals surface area contributed by atoms with E-state index in [2.05, 4.69) is 74.7 Å². The van der Waals surface area contributed by atoms with Crippen molar-refractivity contribution in [1.82, 2.24) is 5.32 Å². The molecule has 0 aliphatic rings. The van der Waals surface area contributed by atoms with Gasteiger partial charge in [-0.15, -0.1) is 0 Å². The summed E-state index contributed by atoms with van der Waals surface area (Å²) in [6.07, 6.45) is 28.9. The highest BCUT2D eigenvalue weighted by Gasteiger charge is 2.12. The second kappa shape index (κ2) is 19.3. The van der Waals surface area contributed by atoms with E-state index < -0.39 is 6.67 Å². The van der Waals surface area contributed by atoms with Gasteiger partial charge in [-0.1, -0.05) is 102 Å². The lowest BCUT2D eigenvalue weighted by Gasteiger charge is -2.19. The quantitative estimate of drug-likeness (QED) is 0.178. The molecule has 0 fully saturated rings. The summed E-state index contributed by atoms with van der Waals surface area (Å²) in [7, 11) is 0. The van der Waals surface area contributed by atoms with E-state index in [-0.39, 0.29) is 18.4 Å². The minimum absolute atomic E-state index is 0.0573. The molecule has 0 saturated carbocycles. The highest BCUT2D eigenvalue weighted by Crippen LogP contribution is 2.25. The number of nitrogens with one attached hydrogen (secondary N) is 1. The van der Waals surface area contributed by atoms with Gasteiger partial charge in [-0.05, 0) is 43.9 Å². The highest BCUT2D eigenvalue weighted by molar-refractivity contribution is 5.78. The predicted molar refractivity (Wildman–Crippen MR) is 130 cm³/mol. The van der Waals surface area contributed by atoms with Crippen LogP contribution >= 0.6 is 0 Å². The van der Waals surface area contributed by atoms with Crippen LogP contribution < -0.4 is 5.32 Å². The lowest BCUT2D eigenvalue weighted by Crippen LogP contribution is -2.30. The Labute approximate surface area is 185 Å². The highest BCUT2D eigenvalue weighted by atomic mass is 19.1. The van der Waals surface area contributed by atoms with E-state index in [1.54, 1.807) is 0 Å². The smallest absolute Gasteiger partial charge is 0.222 e. The molecular formula is C27H46FNO. The number of carbonyl (C=O) groups is 1. The molecule has 0 aromatic carbocycles. The number of carbonyl (C=O) groups excluding carboxylic acids is 1. The van der Waals surface area contributed by atoms with Crippen LogP contribution in [0.2, 0.25) is 0 Å². The molecule has 1 atom stereocenters. The lowest BCUT2D eigenvalue weighted by molar-refractivity contribution is -0.124. The molecule has 0 bridgehead atoms. The average Bonchev–Trinajstić information content (AvgIpc) is 2.72. The van der Waals surface area contributed by atoms with E-state index in [1.807, 2.05) is 6.92 Å². The summed E-state index contributed by atoms with van der Waals surface area (Å²) >= 11 is 0. The maximum atomic E-state index is 12.0. The van der Waals surface area contributed by atoms with Crippen molar-refractivity contribution in [3.63, 3.8) is 0 Å². The third kappa shape index (κ3) is 18.4. The van der Waals surface area contributed by atoms with Crippen molar-refractivity contribution in [2.45, 2.75) is 91.9 Å². The Hall–Kier alpha value is -1.64. The summed E-state index contributed by atoms with van der Waals surface area (Å²) in [5.74, 6) is -0.124. The number of unbranched alkanes of at least 4 members (excludes halogenated alkanes) is 3. The van der Waals surface area contributed by atoms with E-state index in [1.165, 1.54) is 32.1 Å². The first-order valence-electron chi connectivity index (χ1n) is 11.9. The summed E-state index contributed by atoms with van der Waals surface area (Å²) in [6.45, 7) is 8.42. The first-order valence-corrected chi connectivity index (χ1v) is 11.9. The molecule has 30 heavy (non-hydrogen) atoms. The number of allylic oxidation sites excluding steroid dienone is 8. The van der Waals surface area contributed by atoms with Gasteiger partial charge in [0.2, 0.25) is 5.91 Å². The fourth-order valence-corrected chi connectivity index (χ4v) is 3.13. The molecular weight excluding hydrogens is 373 g/mol. The van der Waals surface area contributed by atoms with Crippen molar-refractivity contribution in [2.75, 3.05) is 13.2 Å². The minimum atomic E-state index is -0.506. The molecule has 0 heterocycles. The van der Waals surface area contributed by atoms with Crippen LogP contribution in [0.3, 0.4) is 0 Å². The fourth-order valence-electron chi connectivity index (χ4n) is 3.13. The second-order valence-corrected chi connectivity index (χ2v) is 8.78. The van der Waals surface area contributed by atoms with Gasteiger partial charge in [0.25, 0.3) is 0 Å². The SMILES string of the molecule is CCCCCCC(C)(C)/C=C\C/C=C\C/C=C\C/C=C\CC[C@H](C)C(=O)NCCF. The van der Waals surface area contributed by atoms with Crippen LogP contribution in [0.1, 0.15) is 91.9 Å². The van der Waals surface area contributed by atoms with Crippen molar-refractivity contribution in [3.8, 4) is 0 Å². The first-order chi connectivity index (χ1) is 14.4. The fraction of sp³-hybridized carbons (Fsp3) is 0.667. The van der Waals surface area contributed by atoms with Gasteiger partial charge in [0.05, 0.1) is 0 Å². The van der Waals surface area contributed by atoms with Crippen LogP contribution in [0.5, 0.6) is 0 Å². The van der Waals surface area contributed by atoms with Gasteiger partial charge in [-0.25, -0.2) is 4.39 Å². The summed E-state index contributed by atoms with van der Waals surface area (Å²) in [6, 6.07) is 0. The molecule has 0 unspecified atom stereocenters. The molecule has 3 heteroatoms. The molecule has 1 N–H and O–H groups in total. The molecule has 0 aromatic heterocycles. The van der Waals surface area contributed by atoms with E-state index in [0.29, 0.717) is 5.41 Å². The number of amides is 1. The number of rotatable bonds is 18. The Morgan fingerprint density at radius 2 is 1.53 bits per heavy atom. The van der Waals surface area contributed by atoms with E-state index in [4.69, 9.17) is 0 Å². The second-order valence-electron chi connectivity index (χ2n) is 8.78. The first kappa shape index (κ1) is 28.4. The summed E-state index contributed by atoms with van der Waals surface area (Å²) in [4.78, 5) is 11.6. The molecule has 0 rings (SSSR count). The van der Waals surface area contributed by atoms with Gasteiger partial charge in [-0.3, -0.25) is 4.79 Å². The zero-order valence-electron chi connectivity index (χ0n) is 20.0. The molecule has 0 spiro atoms. The van der Waals surface area contributed by atoms with Crippen molar-refractivity contribution in [1.29, 1.82) is 0 Å². The number of alkyl halides is 1.